The van der Waals surface area contributed by atoms with Crippen LogP contribution in [0.25, 0.3) is 0 Å². The van der Waals surface area contributed by atoms with Gasteiger partial charge in [0.05, 0.1) is 19.3 Å². The lowest BCUT2D eigenvalue weighted by molar-refractivity contribution is 0.0478. The minimum Gasteiger partial charge on any atom is -0.443 e. The molecule has 1 aromatic rings. The summed E-state index contributed by atoms with van der Waals surface area (Å²) in [6.07, 6.45) is 3.60. The molecule has 1 aromatic carbocycles. The van der Waals surface area contributed by atoms with E-state index in [1.54, 1.807) is 0 Å². The van der Waals surface area contributed by atoms with E-state index in [1.807, 2.05) is 36.4 Å². The Hall–Kier alpha value is -1.81. The quantitative estimate of drug-likeness (QED) is 0.824. The monoisotopic (exact) mass is 245 g/mol. The van der Waals surface area contributed by atoms with Crippen molar-refractivity contribution >= 4 is 6.09 Å². The fourth-order valence-corrected chi connectivity index (χ4v) is 2.37. The smallest absolute Gasteiger partial charge is 0.408 e. The van der Waals surface area contributed by atoms with Crippen LogP contribution in [0.1, 0.15) is 5.56 Å². The van der Waals surface area contributed by atoms with Crippen molar-refractivity contribution in [3.8, 4) is 0 Å². The van der Waals surface area contributed by atoms with Gasteiger partial charge in [-0.25, -0.2) is 4.79 Å². The molecule has 1 aliphatic carbocycles. The Labute approximate surface area is 106 Å². The van der Waals surface area contributed by atoms with Crippen molar-refractivity contribution in [2.45, 2.75) is 18.8 Å². The molecule has 3 rings (SSSR count). The topological polar surface area (TPSA) is 47.6 Å². The molecular formula is C14H15NO3. The van der Waals surface area contributed by atoms with Crippen LogP contribution < -0.4 is 5.32 Å². The van der Waals surface area contributed by atoms with Crippen molar-refractivity contribution in [3.05, 3.63) is 48.0 Å². The molecule has 1 heterocycles. The molecule has 2 aliphatic rings. The predicted molar refractivity (Wildman–Crippen MR) is 65.9 cm³/mol. The lowest BCUT2D eigenvalue weighted by Gasteiger charge is -2.16. The maximum atomic E-state index is 11.1. The van der Waals surface area contributed by atoms with Gasteiger partial charge in [0.15, 0.2) is 0 Å². The molecule has 0 saturated carbocycles. The Bertz CT molecular complexity index is 457. The first-order chi connectivity index (χ1) is 8.83. The Balaban J connectivity index is 1.50. The fourth-order valence-electron chi connectivity index (χ4n) is 2.37. The van der Waals surface area contributed by atoms with Gasteiger partial charge in [-0.15, -0.1) is 0 Å². The highest BCUT2D eigenvalue weighted by Crippen LogP contribution is 2.26. The zero-order chi connectivity index (χ0) is 12.4. The van der Waals surface area contributed by atoms with Crippen LogP contribution in [-0.2, 0) is 16.1 Å². The van der Waals surface area contributed by atoms with Gasteiger partial charge in [0.25, 0.3) is 0 Å². The lowest BCUT2D eigenvalue weighted by Crippen LogP contribution is -2.30. The number of rotatable bonds is 4. The summed E-state index contributed by atoms with van der Waals surface area (Å²) < 4.78 is 10.9. The molecule has 0 radical (unpaired) electrons. The Kier molecular flexibility index (Phi) is 3.02. The van der Waals surface area contributed by atoms with Gasteiger partial charge in [0, 0.05) is 5.92 Å². The van der Waals surface area contributed by atoms with Crippen LogP contribution in [0.3, 0.4) is 0 Å². The van der Waals surface area contributed by atoms with Crippen LogP contribution in [0, 0.1) is 5.92 Å². The lowest BCUT2D eigenvalue weighted by atomic mass is 10.1. The zero-order valence-electron chi connectivity index (χ0n) is 9.91. The number of carbonyl (C=O) groups is 1. The summed E-state index contributed by atoms with van der Waals surface area (Å²) in [7, 11) is 0. The first-order valence-corrected chi connectivity index (χ1v) is 6.10. The third-order valence-corrected chi connectivity index (χ3v) is 3.29. The molecule has 1 amide bonds. The number of alkyl carbamates (subject to hydrolysis) is 1. The maximum Gasteiger partial charge on any atom is 0.408 e. The molecule has 1 saturated heterocycles. The van der Waals surface area contributed by atoms with E-state index in [2.05, 4.69) is 11.4 Å². The molecule has 0 bridgehead atoms. The van der Waals surface area contributed by atoms with Crippen LogP contribution in [0.4, 0.5) is 4.79 Å². The number of hydrogen-bond acceptors (Lipinski definition) is 3. The van der Waals surface area contributed by atoms with E-state index in [1.165, 1.54) is 0 Å². The van der Waals surface area contributed by atoms with Gasteiger partial charge in [-0.1, -0.05) is 42.5 Å². The van der Waals surface area contributed by atoms with Crippen molar-refractivity contribution in [1.29, 1.82) is 0 Å². The van der Waals surface area contributed by atoms with Gasteiger partial charge in [-0.3, -0.25) is 0 Å². The van der Waals surface area contributed by atoms with Gasteiger partial charge >= 0.3 is 6.09 Å². The van der Waals surface area contributed by atoms with Crippen LogP contribution in [-0.4, -0.2) is 24.8 Å². The van der Waals surface area contributed by atoms with Gasteiger partial charge < -0.3 is 14.8 Å². The van der Waals surface area contributed by atoms with Gasteiger partial charge in [0.1, 0.15) is 6.10 Å². The number of ether oxygens (including phenoxy) is 2. The molecule has 1 fully saturated rings. The van der Waals surface area contributed by atoms with Crippen LogP contribution in [0.2, 0.25) is 0 Å². The SMILES string of the molecule is O=C1N[C@@H]2C=C[C@@H](COCc3ccccc3)C2O1. The maximum absolute atomic E-state index is 11.1. The van der Waals surface area contributed by atoms with Gasteiger partial charge in [-0.2, -0.15) is 0 Å². The minimum atomic E-state index is -0.331. The summed E-state index contributed by atoms with van der Waals surface area (Å²) >= 11 is 0. The third-order valence-electron chi connectivity index (χ3n) is 3.29. The number of carbonyl (C=O) groups excluding carboxylic acids is 1. The molecule has 0 aromatic heterocycles. The van der Waals surface area contributed by atoms with Crippen LogP contribution >= 0.6 is 0 Å². The molecule has 1 N–H and O–H groups in total. The van der Waals surface area contributed by atoms with Crippen molar-refractivity contribution in [2.75, 3.05) is 6.61 Å². The normalized spacial score (nSPS) is 28.9. The Morgan fingerprint density at radius 2 is 2.06 bits per heavy atom. The van der Waals surface area contributed by atoms with Crippen LogP contribution in [0.5, 0.6) is 0 Å². The van der Waals surface area contributed by atoms with Crippen molar-refractivity contribution in [2.24, 2.45) is 5.92 Å². The van der Waals surface area contributed by atoms with E-state index < -0.39 is 0 Å². The van der Waals surface area contributed by atoms with E-state index in [-0.39, 0.29) is 24.2 Å². The molecule has 94 valence electrons. The second kappa shape index (κ2) is 4.82. The highest BCUT2D eigenvalue weighted by Gasteiger charge is 2.41. The van der Waals surface area contributed by atoms with Crippen molar-refractivity contribution < 1.29 is 14.3 Å². The minimum absolute atomic E-state index is 0.0165. The van der Waals surface area contributed by atoms with E-state index in [4.69, 9.17) is 9.47 Å². The molecule has 3 atom stereocenters. The standard InChI is InChI=1S/C14H15NO3/c16-14-15-12-7-6-11(13(12)18-14)9-17-8-10-4-2-1-3-5-10/h1-7,11-13H,8-9H2,(H,15,16)/t11-,12+,13?/m0/s1. The molecule has 1 aliphatic heterocycles. The van der Waals surface area contributed by atoms with Gasteiger partial charge in [-0.05, 0) is 5.56 Å². The summed E-state index contributed by atoms with van der Waals surface area (Å²) in [5.74, 6) is 0.151. The largest absolute Gasteiger partial charge is 0.443 e. The van der Waals surface area contributed by atoms with E-state index >= 15 is 0 Å². The van der Waals surface area contributed by atoms with E-state index in [0.29, 0.717) is 13.2 Å². The average molecular weight is 245 g/mol. The highest BCUT2D eigenvalue weighted by atomic mass is 16.6. The zero-order valence-corrected chi connectivity index (χ0v) is 9.91. The highest BCUT2D eigenvalue weighted by molar-refractivity contribution is 5.71. The van der Waals surface area contributed by atoms with Crippen molar-refractivity contribution in [3.63, 3.8) is 0 Å². The van der Waals surface area contributed by atoms with Crippen molar-refractivity contribution in [1.82, 2.24) is 5.32 Å². The molecule has 18 heavy (non-hydrogen) atoms. The second-order valence-corrected chi connectivity index (χ2v) is 4.59. The first kappa shape index (κ1) is 11.3. The van der Waals surface area contributed by atoms with Crippen LogP contribution in [0.15, 0.2) is 42.5 Å². The summed E-state index contributed by atoms with van der Waals surface area (Å²) in [4.78, 5) is 11.1. The Morgan fingerprint density at radius 1 is 1.22 bits per heavy atom. The summed E-state index contributed by atoms with van der Waals surface area (Å²) in [6.45, 7) is 1.16. The Morgan fingerprint density at radius 3 is 2.89 bits per heavy atom. The van der Waals surface area contributed by atoms with E-state index in [0.717, 1.165) is 5.56 Å². The molecule has 4 heteroatoms. The molecule has 4 nitrogen and oxygen atoms in total. The number of fused-ring (bicyclic) bond motifs is 1. The van der Waals surface area contributed by atoms with E-state index in [9.17, 15) is 4.79 Å². The molecule has 1 unspecified atom stereocenters. The summed E-state index contributed by atoms with van der Waals surface area (Å²) in [5.41, 5.74) is 1.15. The average Bonchev–Trinajstić information content (AvgIpc) is 2.91. The number of nitrogens with one attached hydrogen (secondary N) is 1. The summed E-state index contributed by atoms with van der Waals surface area (Å²) in [5, 5.41) is 2.75. The number of benzene rings is 1. The predicted octanol–water partition coefficient (Wildman–Crippen LogP) is 1.87. The fraction of sp³-hybridized carbons (Fsp3) is 0.357. The summed E-state index contributed by atoms with van der Waals surface area (Å²) in [6, 6.07) is 10.1. The molecular weight excluding hydrogens is 230 g/mol. The number of amides is 1. The third kappa shape index (κ3) is 2.24. The second-order valence-electron chi connectivity index (χ2n) is 4.59. The van der Waals surface area contributed by atoms with Gasteiger partial charge in [0.2, 0.25) is 0 Å². The number of hydrogen-bond donors (Lipinski definition) is 1. The first-order valence-electron chi connectivity index (χ1n) is 6.10. The molecule has 0 spiro atoms.